The number of allylic oxidation sites excluding steroid dienone is 1. The van der Waals surface area contributed by atoms with Crippen molar-refractivity contribution in [3.8, 4) is 5.75 Å². The van der Waals surface area contributed by atoms with E-state index in [0.717, 1.165) is 51.4 Å². The van der Waals surface area contributed by atoms with Crippen molar-refractivity contribution in [1.82, 2.24) is 5.32 Å². The molecule has 0 aliphatic rings. The van der Waals surface area contributed by atoms with Crippen LogP contribution in [0.25, 0.3) is 0 Å². The van der Waals surface area contributed by atoms with Crippen molar-refractivity contribution in [1.29, 1.82) is 0 Å². The van der Waals surface area contributed by atoms with Crippen LogP contribution >= 0.6 is 0 Å². The fourth-order valence-corrected chi connectivity index (χ4v) is 5.09. The summed E-state index contributed by atoms with van der Waals surface area (Å²) in [5.74, 6) is -4.38. The molecule has 0 spiro atoms. The van der Waals surface area contributed by atoms with Gasteiger partial charge in [0.05, 0.1) is 12.5 Å². The van der Waals surface area contributed by atoms with Gasteiger partial charge >= 0.3 is 11.9 Å². The Morgan fingerprint density at radius 2 is 1.46 bits per heavy atom. The lowest BCUT2D eigenvalue weighted by atomic mass is 9.83. The minimum atomic E-state index is -2.51. The van der Waals surface area contributed by atoms with E-state index in [1.54, 1.807) is 30.3 Å². The van der Waals surface area contributed by atoms with E-state index >= 15 is 0 Å². The van der Waals surface area contributed by atoms with E-state index in [9.17, 15) is 34.5 Å². The highest BCUT2D eigenvalue weighted by atomic mass is 16.5. The van der Waals surface area contributed by atoms with E-state index < -0.39 is 35.4 Å². The van der Waals surface area contributed by atoms with Crippen LogP contribution < -0.4 is 10.1 Å². The first-order valence-corrected chi connectivity index (χ1v) is 17.0. The van der Waals surface area contributed by atoms with Crippen molar-refractivity contribution in [3.05, 3.63) is 42.0 Å². The largest absolute Gasteiger partial charge is 0.494 e. The van der Waals surface area contributed by atoms with Crippen LogP contribution in [-0.2, 0) is 30.3 Å². The molecular weight excluding hydrogens is 590 g/mol. The third-order valence-corrected chi connectivity index (χ3v) is 8.06. The molecule has 0 aromatic heterocycles. The molecule has 1 amide bonds. The second-order valence-electron chi connectivity index (χ2n) is 12.0. The minimum absolute atomic E-state index is 0.0440. The molecule has 0 saturated carbocycles. The van der Waals surface area contributed by atoms with Crippen molar-refractivity contribution in [2.45, 2.75) is 128 Å². The van der Waals surface area contributed by atoms with Crippen molar-refractivity contribution in [2.75, 3.05) is 20.3 Å². The van der Waals surface area contributed by atoms with Gasteiger partial charge in [-0.15, -0.1) is 0 Å². The highest BCUT2D eigenvalue weighted by molar-refractivity contribution is 5.92. The van der Waals surface area contributed by atoms with Gasteiger partial charge in [0.25, 0.3) is 0 Å². The molecule has 0 radical (unpaired) electrons. The lowest BCUT2D eigenvalue weighted by molar-refractivity contribution is -0.168. The molecule has 4 N–H and O–H groups in total. The fourth-order valence-electron chi connectivity index (χ4n) is 5.09. The molecule has 46 heavy (non-hydrogen) atoms. The molecule has 10 heteroatoms. The lowest BCUT2D eigenvalue weighted by Gasteiger charge is -2.30. The number of nitrogens with one attached hydrogen (secondary N) is 1. The topological polar surface area (TPSA) is 159 Å². The highest BCUT2D eigenvalue weighted by Crippen LogP contribution is 2.26. The van der Waals surface area contributed by atoms with E-state index in [2.05, 4.69) is 19.2 Å². The van der Waals surface area contributed by atoms with E-state index in [-0.39, 0.29) is 19.4 Å². The van der Waals surface area contributed by atoms with Crippen LogP contribution in [-0.4, -0.2) is 70.9 Å². The zero-order valence-electron chi connectivity index (χ0n) is 28.1. The molecule has 1 aromatic carbocycles. The summed E-state index contributed by atoms with van der Waals surface area (Å²) in [6.45, 7) is 4.69. The molecule has 0 bridgehead atoms. The van der Waals surface area contributed by atoms with E-state index in [4.69, 9.17) is 9.47 Å². The molecule has 0 aliphatic carbocycles. The van der Waals surface area contributed by atoms with Crippen LogP contribution in [0.3, 0.4) is 0 Å². The Balaban J connectivity index is 2.80. The van der Waals surface area contributed by atoms with Crippen LogP contribution in [0, 0.1) is 5.92 Å². The number of ketones is 1. The number of benzene rings is 1. The van der Waals surface area contributed by atoms with Gasteiger partial charge in [-0.25, -0.2) is 9.59 Å². The maximum Gasteiger partial charge on any atom is 0.336 e. The second-order valence-corrected chi connectivity index (χ2v) is 12.0. The van der Waals surface area contributed by atoms with Crippen molar-refractivity contribution >= 4 is 23.6 Å². The summed E-state index contributed by atoms with van der Waals surface area (Å²) in [6, 6.07) is 5.56. The Morgan fingerprint density at radius 1 is 0.848 bits per heavy atom. The summed E-state index contributed by atoms with van der Waals surface area (Å²) in [6.07, 6.45) is 15.2. The number of carboxylic acids is 2. The number of hydrogen-bond acceptors (Lipinski definition) is 7. The summed E-state index contributed by atoms with van der Waals surface area (Å²) in [4.78, 5) is 49.8. The van der Waals surface area contributed by atoms with Crippen molar-refractivity contribution in [2.24, 2.45) is 5.92 Å². The summed E-state index contributed by atoms with van der Waals surface area (Å²) in [5, 5.41) is 33.4. The van der Waals surface area contributed by atoms with E-state index in [0.29, 0.717) is 43.0 Å². The summed E-state index contributed by atoms with van der Waals surface area (Å²) >= 11 is 0. The first-order valence-electron chi connectivity index (χ1n) is 17.0. The first kappa shape index (κ1) is 40.8. The molecule has 1 rings (SSSR count). The predicted octanol–water partition coefficient (Wildman–Crippen LogP) is 6.27. The number of aliphatic carboxylic acids is 2. The Bertz CT molecular complexity index is 1060. The number of methoxy groups -OCH3 is 1. The van der Waals surface area contributed by atoms with Gasteiger partial charge in [0.2, 0.25) is 5.91 Å². The Labute approximate surface area is 274 Å². The SMILES string of the molecule is CCCCCCCC(=O)CCCCCC/C=C/[C@H](C(=O)N[C@@H](Cc1ccc(OCCCC)cc1)C(=O)O)[C@@](O)(CCOC)C(=O)O. The van der Waals surface area contributed by atoms with Gasteiger partial charge in [0, 0.05) is 39.4 Å². The summed E-state index contributed by atoms with van der Waals surface area (Å²) < 4.78 is 10.6. The Hall–Kier alpha value is -3.24. The number of aliphatic hydroxyl groups is 1. The van der Waals surface area contributed by atoms with E-state index in [1.807, 2.05) is 0 Å². The molecule has 10 nitrogen and oxygen atoms in total. The van der Waals surface area contributed by atoms with Crippen LogP contribution in [0.4, 0.5) is 0 Å². The quantitative estimate of drug-likeness (QED) is 0.0607. The molecule has 0 aliphatic heterocycles. The molecule has 1 aromatic rings. The van der Waals surface area contributed by atoms with E-state index in [1.165, 1.54) is 32.4 Å². The van der Waals surface area contributed by atoms with Crippen LogP contribution in [0.15, 0.2) is 36.4 Å². The average Bonchev–Trinajstić information content (AvgIpc) is 3.03. The molecular formula is C36H57NO9. The van der Waals surface area contributed by atoms with Crippen LogP contribution in [0.5, 0.6) is 5.75 Å². The second kappa shape index (κ2) is 24.0. The normalized spacial score (nSPS) is 14.0. The number of hydrogen-bond donors (Lipinski definition) is 4. The smallest absolute Gasteiger partial charge is 0.336 e. The van der Waals surface area contributed by atoms with Crippen LogP contribution in [0.1, 0.15) is 116 Å². The molecule has 0 heterocycles. The number of rotatable bonds is 28. The number of amides is 1. The lowest BCUT2D eigenvalue weighted by Crippen LogP contribution is -2.55. The number of carboxylic acid groups (broad SMARTS) is 2. The Morgan fingerprint density at radius 3 is 2.02 bits per heavy atom. The maximum atomic E-state index is 13.4. The molecule has 0 fully saturated rings. The summed E-state index contributed by atoms with van der Waals surface area (Å²) in [5.41, 5.74) is -1.86. The Kier molecular flexibility index (Phi) is 21.3. The van der Waals surface area contributed by atoms with Gasteiger partial charge in [0.15, 0.2) is 5.60 Å². The highest BCUT2D eigenvalue weighted by Gasteiger charge is 2.47. The predicted molar refractivity (Wildman–Crippen MR) is 178 cm³/mol. The van der Waals surface area contributed by atoms with Crippen molar-refractivity contribution in [3.63, 3.8) is 0 Å². The number of carbonyl (C=O) groups is 4. The zero-order chi connectivity index (χ0) is 34.2. The minimum Gasteiger partial charge on any atom is -0.494 e. The van der Waals surface area contributed by atoms with Crippen LogP contribution in [0.2, 0.25) is 0 Å². The number of carbonyl (C=O) groups excluding carboxylic acids is 2. The number of Topliss-reactive ketones (excluding diaryl/α,β-unsaturated/α-hetero) is 1. The third kappa shape index (κ3) is 16.4. The van der Waals surface area contributed by atoms with Gasteiger partial charge in [-0.3, -0.25) is 9.59 Å². The average molecular weight is 648 g/mol. The standard InChI is InChI=1S/C36H57NO9/c1-4-6-8-11-14-17-29(38)18-15-12-9-10-13-16-19-31(36(44,35(42)43)24-26-45-3)33(39)37-32(34(40)41)27-28-20-22-30(23-21-28)46-25-7-5-2/h16,19-23,31-32,44H,4-15,17-18,24-27H2,1-3H3,(H,37,39)(H,40,41)(H,42,43)/b19-16+/t31-,32+,36+/m1/s1. The molecule has 0 saturated heterocycles. The van der Waals surface area contributed by atoms with Gasteiger partial charge in [0.1, 0.15) is 17.6 Å². The van der Waals surface area contributed by atoms with Crippen molar-refractivity contribution < 1.29 is 44.0 Å². The van der Waals surface area contributed by atoms with Gasteiger partial charge in [-0.2, -0.15) is 0 Å². The van der Waals surface area contributed by atoms with Gasteiger partial charge in [-0.05, 0) is 49.8 Å². The number of unbranched alkanes of at least 4 members (excludes halogenated alkanes) is 9. The third-order valence-electron chi connectivity index (χ3n) is 8.06. The fraction of sp³-hybridized carbons (Fsp3) is 0.667. The zero-order valence-corrected chi connectivity index (χ0v) is 28.1. The summed E-state index contributed by atoms with van der Waals surface area (Å²) in [7, 11) is 1.36. The molecule has 260 valence electrons. The van der Waals surface area contributed by atoms with Gasteiger partial charge < -0.3 is 30.1 Å². The number of ether oxygens (including phenoxy) is 2. The van der Waals surface area contributed by atoms with Gasteiger partial charge in [-0.1, -0.05) is 83.1 Å². The first-order chi connectivity index (χ1) is 22.1. The molecule has 3 atom stereocenters. The molecule has 0 unspecified atom stereocenters. The maximum absolute atomic E-state index is 13.4. The monoisotopic (exact) mass is 647 g/mol.